The molecule has 57 heavy (non-hydrogen) atoms. The summed E-state index contributed by atoms with van der Waals surface area (Å²) in [5.41, 5.74) is 11.2. The van der Waals surface area contributed by atoms with Gasteiger partial charge in [-0.15, -0.1) is 0 Å². The Kier molecular flexibility index (Phi) is 7.78. The van der Waals surface area contributed by atoms with Crippen molar-refractivity contribution in [3.63, 3.8) is 0 Å². The summed E-state index contributed by atoms with van der Waals surface area (Å²) in [4.78, 5) is 15.6. The average Bonchev–Trinajstić information content (AvgIpc) is 3.68. The first-order valence-electron chi connectivity index (χ1n) is 19.2. The maximum atomic E-state index is 6.30. The lowest BCUT2D eigenvalue weighted by Gasteiger charge is -2.14. The van der Waals surface area contributed by atoms with Crippen molar-refractivity contribution in [1.82, 2.24) is 15.0 Å². The van der Waals surface area contributed by atoms with Crippen molar-refractivity contribution in [3.05, 3.63) is 200 Å². The Bertz CT molecular complexity index is 3280. The molecule has 0 aliphatic carbocycles. The van der Waals surface area contributed by atoms with E-state index in [-0.39, 0.29) is 0 Å². The molecule has 0 saturated heterocycles. The monoisotopic (exact) mass is 727 g/mol. The first-order valence-corrected chi connectivity index (χ1v) is 19.2. The van der Waals surface area contributed by atoms with Crippen molar-refractivity contribution >= 4 is 43.5 Å². The van der Waals surface area contributed by atoms with Crippen LogP contribution in [0, 0.1) is 0 Å². The second-order valence-corrected chi connectivity index (χ2v) is 14.4. The third-order valence-corrected chi connectivity index (χ3v) is 10.9. The molecule has 0 amide bonds. The first kappa shape index (κ1) is 32.7. The van der Waals surface area contributed by atoms with E-state index in [4.69, 9.17) is 19.4 Å². The molecule has 0 radical (unpaired) electrons. The fourth-order valence-corrected chi connectivity index (χ4v) is 8.18. The summed E-state index contributed by atoms with van der Waals surface area (Å²) in [5, 5.41) is 6.87. The van der Waals surface area contributed by atoms with Crippen LogP contribution < -0.4 is 0 Å². The van der Waals surface area contributed by atoms with E-state index in [2.05, 4.69) is 140 Å². The van der Waals surface area contributed by atoms with Gasteiger partial charge in [-0.3, -0.25) is 0 Å². The number of aromatic nitrogens is 3. The van der Waals surface area contributed by atoms with Crippen LogP contribution in [0.3, 0.4) is 0 Å². The lowest BCUT2D eigenvalue weighted by molar-refractivity contribution is 0.669. The molecule has 4 heteroatoms. The molecular weight excluding hydrogens is 695 g/mol. The fourth-order valence-electron chi connectivity index (χ4n) is 8.18. The molecule has 0 fully saturated rings. The number of hydrogen-bond acceptors (Lipinski definition) is 4. The molecule has 0 saturated carbocycles. The maximum absolute atomic E-state index is 6.30. The van der Waals surface area contributed by atoms with Crippen molar-refractivity contribution < 1.29 is 4.42 Å². The quantitative estimate of drug-likeness (QED) is 0.171. The van der Waals surface area contributed by atoms with Gasteiger partial charge in [-0.1, -0.05) is 170 Å². The van der Waals surface area contributed by atoms with Crippen LogP contribution in [0.15, 0.2) is 205 Å². The molecule has 2 aromatic heterocycles. The highest BCUT2D eigenvalue weighted by Gasteiger charge is 2.19. The van der Waals surface area contributed by atoms with Crippen LogP contribution in [-0.2, 0) is 0 Å². The smallest absolute Gasteiger partial charge is 0.164 e. The third-order valence-electron chi connectivity index (χ3n) is 10.9. The van der Waals surface area contributed by atoms with Gasteiger partial charge in [0.1, 0.15) is 11.2 Å². The predicted octanol–water partition coefficient (Wildman–Crippen LogP) is 14.1. The van der Waals surface area contributed by atoms with Crippen LogP contribution in [0.25, 0.3) is 111 Å². The van der Waals surface area contributed by atoms with Crippen molar-refractivity contribution in [2.75, 3.05) is 0 Å². The van der Waals surface area contributed by atoms with Gasteiger partial charge < -0.3 is 4.42 Å². The number of rotatable bonds is 6. The van der Waals surface area contributed by atoms with Crippen molar-refractivity contribution in [1.29, 1.82) is 0 Å². The number of benzene rings is 9. The van der Waals surface area contributed by atoms with E-state index >= 15 is 0 Å². The Morgan fingerprint density at radius 1 is 0.281 bits per heavy atom. The van der Waals surface area contributed by atoms with Crippen molar-refractivity contribution in [2.24, 2.45) is 0 Å². The Morgan fingerprint density at radius 3 is 1.51 bits per heavy atom. The SMILES string of the molecule is c1ccc(-c2nc(-c3cc(-c4ccc(-c5cccc6ccccc56)cc4)cc(-c4cccc5ccccc45)c3)nc(-c3cccc4oc5ccccc5c34)n2)cc1. The van der Waals surface area contributed by atoms with Gasteiger partial charge in [0.05, 0.1) is 0 Å². The lowest BCUT2D eigenvalue weighted by Crippen LogP contribution is -2.01. The molecule has 2 heterocycles. The highest BCUT2D eigenvalue weighted by atomic mass is 16.3. The number of fused-ring (bicyclic) bond motifs is 5. The van der Waals surface area contributed by atoms with E-state index in [1.54, 1.807) is 0 Å². The summed E-state index contributed by atoms with van der Waals surface area (Å²) >= 11 is 0. The average molecular weight is 728 g/mol. The summed E-state index contributed by atoms with van der Waals surface area (Å²) in [6.07, 6.45) is 0. The zero-order valence-electron chi connectivity index (χ0n) is 30.8. The van der Waals surface area contributed by atoms with Crippen LogP contribution in [0.4, 0.5) is 0 Å². The van der Waals surface area contributed by atoms with E-state index in [0.717, 1.165) is 60.9 Å². The standard InChI is InChI=1S/C53H33N3O/c1-2-15-38(16-3-1)51-54-52(56-53(55-51)47-24-12-26-49-50(47)46-21-8-9-25-48(46)57-49)41-32-39(31-40(33-41)45-23-11-18-36-14-5-7-20-43(36)45)34-27-29-37(30-28-34)44-22-10-17-35-13-4-6-19-42(35)44/h1-33H. The van der Waals surface area contributed by atoms with Crippen LogP contribution in [0.5, 0.6) is 0 Å². The number of hydrogen-bond donors (Lipinski definition) is 0. The number of nitrogens with zero attached hydrogens (tertiary/aromatic N) is 3. The Labute approximate surface area is 329 Å². The molecule has 0 aliphatic rings. The summed E-state index contributed by atoms with van der Waals surface area (Å²) < 4.78 is 6.30. The topological polar surface area (TPSA) is 51.8 Å². The van der Waals surface area contributed by atoms with Gasteiger partial charge in [0.2, 0.25) is 0 Å². The van der Waals surface area contributed by atoms with Crippen LogP contribution in [-0.4, -0.2) is 15.0 Å². The Morgan fingerprint density at radius 2 is 0.772 bits per heavy atom. The predicted molar refractivity (Wildman–Crippen MR) is 235 cm³/mol. The molecule has 0 unspecified atom stereocenters. The van der Waals surface area contributed by atoms with E-state index in [0.29, 0.717) is 17.5 Å². The number of para-hydroxylation sites is 1. The summed E-state index contributed by atoms with van der Waals surface area (Å²) in [7, 11) is 0. The van der Waals surface area contributed by atoms with Gasteiger partial charge in [-0.25, -0.2) is 15.0 Å². The van der Waals surface area contributed by atoms with Crippen molar-refractivity contribution in [2.45, 2.75) is 0 Å². The minimum absolute atomic E-state index is 0.590. The molecule has 266 valence electrons. The normalized spacial score (nSPS) is 11.5. The molecule has 0 bridgehead atoms. The number of furan rings is 1. The second-order valence-electron chi connectivity index (χ2n) is 14.4. The van der Waals surface area contributed by atoms with Crippen LogP contribution in [0.2, 0.25) is 0 Å². The van der Waals surface area contributed by atoms with Gasteiger partial charge in [0, 0.05) is 27.5 Å². The molecule has 4 nitrogen and oxygen atoms in total. The molecule has 0 spiro atoms. The zero-order valence-corrected chi connectivity index (χ0v) is 30.8. The van der Waals surface area contributed by atoms with Gasteiger partial charge >= 0.3 is 0 Å². The molecule has 0 atom stereocenters. The van der Waals surface area contributed by atoms with Crippen molar-refractivity contribution in [3.8, 4) is 67.5 Å². The fraction of sp³-hybridized carbons (Fsp3) is 0. The molecule has 11 aromatic rings. The largest absolute Gasteiger partial charge is 0.456 e. The molecule has 0 aliphatic heterocycles. The highest BCUT2D eigenvalue weighted by molar-refractivity contribution is 6.12. The van der Waals surface area contributed by atoms with Crippen LogP contribution >= 0.6 is 0 Å². The van der Waals surface area contributed by atoms with Gasteiger partial charge in [0.25, 0.3) is 0 Å². The minimum Gasteiger partial charge on any atom is -0.456 e. The lowest BCUT2D eigenvalue weighted by atomic mass is 9.92. The molecular formula is C53H33N3O. The molecule has 11 rings (SSSR count). The molecule has 0 N–H and O–H groups in total. The van der Waals surface area contributed by atoms with Gasteiger partial charge in [0.15, 0.2) is 17.5 Å². The van der Waals surface area contributed by atoms with Crippen LogP contribution in [0.1, 0.15) is 0 Å². The van der Waals surface area contributed by atoms with E-state index in [1.807, 2.05) is 60.7 Å². The first-order chi connectivity index (χ1) is 28.2. The zero-order chi connectivity index (χ0) is 37.7. The second kappa shape index (κ2) is 13.6. The van der Waals surface area contributed by atoms with E-state index < -0.39 is 0 Å². The maximum Gasteiger partial charge on any atom is 0.164 e. The minimum atomic E-state index is 0.590. The highest BCUT2D eigenvalue weighted by Crippen LogP contribution is 2.39. The van der Waals surface area contributed by atoms with Gasteiger partial charge in [-0.2, -0.15) is 0 Å². The van der Waals surface area contributed by atoms with E-state index in [9.17, 15) is 0 Å². The Balaban J connectivity index is 1.13. The summed E-state index contributed by atoms with van der Waals surface area (Å²) in [6, 6.07) is 70.1. The van der Waals surface area contributed by atoms with E-state index in [1.165, 1.54) is 32.7 Å². The van der Waals surface area contributed by atoms with Gasteiger partial charge in [-0.05, 0) is 85.3 Å². The molecule has 9 aromatic carbocycles. The summed E-state index contributed by atoms with van der Waals surface area (Å²) in [6.45, 7) is 0. The Hall–Kier alpha value is -7.69. The third kappa shape index (κ3) is 5.83. The summed E-state index contributed by atoms with van der Waals surface area (Å²) in [5.74, 6) is 1.80.